The summed E-state index contributed by atoms with van der Waals surface area (Å²) in [5, 5.41) is 6.77. The third-order valence-electron chi connectivity index (χ3n) is 5.46. The largest absolute Gasteiger partial charge is 0.493 e. The summed E-state index contributed by atoms with van der Waals surface area (Å²) in [6, 6.07) is 5.56. The predicted octanol–water partition coefficient (Wildman–Crippen LogP) is 3.07. The molecule has 0 spiro atoms. The zero-order valence-electron chi connectivity index (χ0n) is 18.1. The molecule has 2 amide bonds. The highest BCUT2D eigenvalue weighted by atomic mass is 16.5. The van der Waals surface area contributed by atoms with E-state index in [1.807, 2.05) is 18.2 Å². The van der Waals surface area contributed by atoms with Crippen LogP contribution < -0.4 is 20.2 Å². The van der Waals surface area contributed by atoms with Gasteiger partial charge in [-0.15, -0.1) is 0 Å². The Morgan fingerprint density at radius 1 is 1.07 bits per heavy atom. The average molecular weight is 404 g/mol. The molecule has 0 unspecified atom stereocenters. The number of carbonyl (C=O) groups is 2. The quantitative estimate of drug-likeness (QED) is 0.564. The minimum absolute atomic E-state index is 0.294. The molecule has 0 radical (unpaired) electrons. The minimum atomic E-state index is -0.734. The summed E-state index contributed by atoms with van der Waals surface area (Å²) < 4.78 is 10.5. The summed E-state index contributed by atoms with van der Waals surface area (Å²) in [5.74, 6) is 0.527. The Bertz CT molecular complexity index is 743. The van der Waals surface area contributed by atoms with E-state index < -0.39 is 11.8 Å². The lowest BCUT2D eigenvalue weighted by Gasteiger charge is -2.34. The molecule has 7 heteroatoms. The summed E-state index contributed by atoms with van der Waals surface area (Å²) in [4.78, 5) is 23.9. The maximum atomic E-state index is 12.0. The first-order valence-electron chi connectivity index (χ1n) is 10.1. The van der Waals surface area contributed by atoms with Crippen molar-refractivity contribution >= 4 is 17.5 Å². The van der Waals surface area contributed by atoms with Gasteiger partial charge in [-0.2, -0.15) is 5.10 Å². The number of ether oxygens (including phenoxy) is 2. The molecule has 1 aliphatic carbocycles. The van der Waals surface area contributed by atoms with Gasteiger partial charge in [-0.25, -0.2) is 5.43 Å². The first-order chi connectivity index (χ1) is 13.7. The summed E-state index contributed by atoms with van der Waals surface area (Å²) in [5.41, 5.74) is 4.61. The maximum absolute atomic E-state index is 12.0. The standard InChI is InChI=1S/C22H33N3O4/c1-22(2,3)16-7-9-17(10-8-16)24-25-21(27)20(26)23-13-12-15-6-11-18(28-4)19(14-15)29-5/h6,11,14,16H,7-10,12-13H2,1-5H3,(H,23,26)(H,25,27). The van der Waals surface area contributed by atoms with Crippen molar-refractivity contribution in [3.8, 4) is 11.5 Å². The van der Waals surface area contributed by atoms with E-state index in [-0.39, 0.29) is 0 Å². The molecule has 160 valence electrons. The van der Waals surface area contributed by atoms with Crippen molar-refractivity contribution in [2.45, 2.75) is 52.9 Å². The van der Waals surface area contributed by atoms with Crippen LogP contribution in [0.15, 0.2) is 23.3 Å². The number of benzene rings is 1. The molecule has 29 heavy (non-hydrogen) atoms. The molecule has 0 bridgehead atoms. The summed E-state index contributed by atoms with van der Waals surface area (Å²) >= 11 is 0. The lowest BCUT2D eigenvalue weighted by molar-refractivity contribution is -0.139. The molecule has 0 heterocycles. The van der Waals surface area contributed by atoms with Gasteiger partial charge in [0.05, 0.1) is 14.2 Å². The van der Waals surface area contributed by atoms with Gasteiger partial charge in [0.25, 0.3) is 0 Å². The molecule has 1 saturated carbocycles. The van der Waals surface area contributed by atoms with Crippen LogP contribution in [-0.2, 0) is 16.0 Å². The molecule has 0 aromatic heterocycles. The normalized spacial score (nSPS) is 16.7. The highest BCUT2D eigenvalue weighted by molar-refractivity contribution is 6.35. The van der Waals surface area contributed by atoms with E-state index in [1.54, 1.807) is 14.2 Å². The average Bonchev–Trinajstić information content (AvgIpc) is 2.71. The Hall–Kier alpha value is -2.57. The third-order valence-corrected chi connectivity index (χ3v) is 5.46. The van der Waals surface area contributed by atoms with Crippen molar-refractivity contribution in [2.75, 3.05) is 20.8 Å². The van der Waals surface area contributed by atoms with E-state index in [9.17, 15) is 9.59 Å². The lowest BCUT2D eigenvalue weighted by atomic mass is 9.72. The van der Waals surface area contributed by atoms with Gasteiger partial charge in [-0.1, -0.05) is 26.8 Å². The Labute approximate surface area is 173 Å². The molecule has 1 aromatic rings. The van der Waals surface area contributed by atoms with Gasteiger partial charge in [0.1, 0.15) is 0 Å². The summed E-state index contributed by atoms with van der Waals surface area (Å²) in [6.07, 6.45) is 4.43. The Balaban J connectivity index is 1.75. The van der Waals surface area contributed by atoms with Gasteiger partial charge in [0.2, 0.25) is 0 Å². The van der Waals surface area contributed by atoms with Crippen LogP contribution in [0.3, 0.4) is 0 Å². The number of rotatable bonds is 6. The number of amides is 2. The number of methoxy groups -OCH3 is 2. The zero-order valence-corrected chi connectivity index (χ0v) is 18.1. The molecule has 0 aliphatic heterocycles. The highest BCUT2D eigenvalue weighted by Crippen LogP contribution is 2.36. The van der Waals surface area contributed by atoms with Crippen molar-refractivity contribution < 1.29 is 19.1 Å². The number of nitrogens with one attached hydrogen (secondary N) is 2. The van der Waals surface area contributed by atoms with E-state index in [4.69, 9.17) is 9.47 Å². The van der Waals surface area contributed by atoms with Crippen LogP contribution in [0.4, 0.5) is 0 Å². The second kappa shape index (κ2) is 10.3. The topological polar surface area (TPSA) is 89.0 Å². The fraction of sp³-hybridized carbons (Fsp3) is 0.591. The van der Waals surface area contributed by atoms with Crippen LogP contribution in [0.1, 0.15) is 52.0 Å². The van der Waals surface area contributed by atoms with Gasteiger partial charge in [-0.05, 0) is 61.1 Å². The van der Waals surface area contributed by atoms with Gasteiger partial charge < -0.3 is 14.8 Å². The number of hydrogen-bond acceptors (Lipinski definition) is 5. The molecule has 2 N–H and O–H groups in total. The monoisotopic (exact) mass is 403 g/mol. The van der Waals surface area contributed by atoms with Crippen LogP contribution >= 0.6 is 0 Å². The van der Waals surface area contributed by atoms with Crippen LogP contribution in [0.5, 0.6) is 11.5 Å². The molecular formula is C22H33N3O4. The molecule has 0 atom stereocenters. The van der Waals surface area contributed by atoms with E-state index in [0.717, 1.165) is 37.0 Å². The Morgan fingerprint density at radius 3 is 2.31 bits per heavy atom. The fourth-order valence-electron chi connectivity index (χ4n) is 3.55. The molecule has 1 fully saturated rings. The van der Waals surface area contributed by atoms with E-state index >= 15 is 0 Å². The van der Waals surface area contributed by atoms with Crippen molar-refractivity contribution in [1.29, 1.82) is 0 Å². The minimum Gasteiger partial charge on any atom is -0.493 e. The molecule has 1 aromatic carbocycles. The van der Waals surface area contributed by atoms with Crippen molar-refractivity contribution in [3.05, 3.63) is 23.8 Å². The van der Waals surface area contributed by atoms with Gasteiger partial charge in [0.15, 0.2) is 11.5 Å². The zero-order chi connectivity index (χ0) is 21.4. The molecule has 0 saturated heterocycles. The van der Waals surface area contributed by atoms with Crippen LogP contribution in [0, 0.1) is 11.3 Å². The van der Waals surface area contributed by atoms with Crippen LogP contribution in [-0.4, -0.2) is 38.3 Å². The Morgan fingerprint density at radius 2 is 1.72 bits per heavy atom. The van der Waals surface area contributed by atoms with Gasteiger partial charge >= 0.3 is 11.8 Å². The first kappa shape index (κ1) is 22.7. The Kier molecular flexibility index (Phi) is 8.05. The van der Waals surface area contributed by atoms with Crippen molar-refractivity contribution in [2.24, 2.45) is 16.4 Å². The molecule has 1 aliphatic rings. The van der Waals surface area contributed by atoms with E-state index in [2.05, 4.69) is 36.6 Å². The van der Waals surface area contributed by atoms with Crippen molar-refractivity contribution in [1.82, 2.24) is 10.7 Å². The smallest absolute Gasteiger partial charge is 0.329 e. The summed E-state index contributed by atoms with van der Waals surface area (Å²) in [6.45, 7) is 7.11. The third kappa shape index (κ3) is 6.76. The van der Waals surface area contributed by atoms with Gasteiger partial charge in [0, 0.05) is 12.3 Å². The second-order valence-corrected chi connectivity index (χ2v) is 8.45. The number of carbonyl (C=O) groups excluding carboxylic acids is 2. The predicted molar refractivity (Wildman–Crippen MR) is 113 cm³/mol. The first-order valence-corrected chi connectivity index (χ1v) is 10.1. The number of hydrogen-bond donors (Lipinski definition) is 2. The van der Waals surface area contributed by atoms with Gasteiger partial charge in [-0.3, -0.25) is 9.59 Å². The number of hydrazone groups is 1. The molecule has 2 rings (SSSR count). The van der Waals surface area contributed by atoms with Crippen LogP contribution in [0.2, 0.25) is 0 Å². The fourth-order valence-corrected chi connectivity index (χ4v) is 3.55. The van der Waals surface area contributed by atoms with E-state index in [0.29, 0.717) is 35.8 Å². The lowest BCUT2D eigenvalue weighted by Crippen LogP contribution is -2.39. The van der Waals surface area contributed by atoms with E-state index in [1.165, 1.54) is 0 Å². The summed E-state index contributed by atoms with van der Waals surface area (Å²) in [7, 11) is 3.15. The second-order valence-electron chi connectivity index (χ2n) is 8.45. The number of nitrogens with zero attached hydrogens (tertiary/aromatic N) is 1. The molecule has 7 nitrogen and oxygen atoms in total. The van der Waals surface area contributed by atoms with Crippen LogP contribution in [0.25, 0.3) is 0 Å². The van der Waals surface area contributed by atoms with Crippen molar-refractivity contribution in [3.63, 3.8) is 0 Å². The molecular weight excluding hydrogens is 370 g/mol. The SMILES string of the molecule is COc1ccc(CCNC(=O)C(=O)NN=C2CCC(C(C)(C)C)CC2)cc1OC. The maximum Gasteiger partial charge on any atom is 0.329 e. The highest BCUT2D eigenvalue weighted by Gasteiger charge is 2.28.